The van der Waals surface area contributed by atoms with Crippen molar-refractivity contribution < 1.29 is 0 Å². The Morgan fingerprint density at radius 1 is 0.317 bits per heavy atom. The predicted octanol–water partition coefficient (Wildman–Crippen LogP) is 15.0. The maximum atomic E-state index is 5.20. The monoisotopic (exact) mass is 804 g/mol. The van der Waals surface area contributed by atoms with E-state index in [-0.39, 0.29) is 5.41 Å². The van der Waals surface area contributed by atoms with Crippen LogP contribution in [0, 0.1) is 0 Å². The molecule has 0 saturated carbocycles. The lowest BCUT2D eigenvalue weighted by Gasteiger charge is -2.21. The van der Waals surface area contributed by atoms with Crippen LogP contribution >= 0.6 is 0 Å². The first kappa shape index (κ1) is 36.7. The summed E-state index contributed by atoms with van der Waals surface area (Å²) < 4.78 is 0. The molecule has 63 heavy (non-hydrogen) atoms. The molecule has 0 spiro atoms. The van der Waals surface area contributed by atoms with E-state index >= 15 is 0 Å². The quantitative estimate of drug-likeness (QED) is 0.157. The van der Waals surface area contributed by atoms with Crippen molar-refractivity contribution in [2.75, 3.05) is 0 Å². The molecule has 296 valence electrons. The highest BCUT2D eigenvalue weighted by Gasteiger charge is 2.36. The molecule has 0 atom stereocenters. The third kappa shape index (κ3) is 6.22. The lowest BCUT2D eigenvalue weighted by Crippen LogP contribution is -2.14. The molecular formula is C59H40N4. The van der Waals surface area contributed by atoms with Crippen molar-refractivity contribution in [3.8, 4) is 78.8 Å². The Balaban J connectivity index is 1.05. The van der Waals surface area contributed by atoms with Crippen molar-refractivity contribution in [3.63, 3.8) is 0 Å². The Morgan fingerprint density at radius 3 is 1.52 bits per heavy atom. The summed E-state index contributed by atoms with van der Waals surface area (Å²) in [6.07, 6.45) is 0. The fourth-order valence-corrected chi connectivity index (χ4v) is 9.68. The number of aromatic nitrogens is 4. The highest BCUT2D eigenvalue weighted by atomic mass is 15.0. The Labute approximate surface area is 366 Å². The first-order valence-electron chi connectivity index (χ1n) is 21.5. The molecule has 0 bridgehead atoms. The zero-order chi connectivity index (χ0) is 42.1. The second kappa shape index (κ2) is 14.5. The van der Waals surface area contributed by atoms with E-state index in [1.54, 1.807) is 0 Å². The second-order valence-electron chi connectivity index (χ2n) is 17.0. The third-order valence-electron chi connectivity index (χ3n) is 12.9. The average Bonchev–Trinajstić information content (AvgIpc) is 3.59. The molecule has 0 radical (unpaired) electrons. The van der Waals surface area contributed by atoms with Crippen LogP contribution < -0.4 is 0 Å². The van der Waals surface area contributed by atoms with Crippen LogP contribution in [0.3, 0.4) is 0 Å². The van der Waals surface area contributed by atoms with Crippen LogP contribution in [-0.4, -0.2) is 19.9 Å². The fraction of sp³-hybridized carbons (Fsp3) is 0.0508. The molecule has 1 aliphatic rings. The molecule has 4 nitrogen and oxygen atoms in total. The number of hydrogen-bond acceptors (Lipinski definition) is 4. The minimum atomic E-state index is -0.125. The molecule has 0 N–H and O–H groups in total. The molecule has 11 aromatic rings. The van der Waals surface area contributed by atoms with Gasteiger partial charge in [0.1, 0.15) is 0 Å². The van der Waals surface area contributed by atoms with Crippen LogP contribution in [0.1, 0.15) is 25.0 Å². The van der Waals surface area contributed by atoms with Crippen LogP contribution in [0.5, 0.6) is 0 Å². The molecule has 2 aromatic heterocycles. The smallest absolute Gasteiger partial charge is 0.164 e. The van der Waals surface area contributed by atoms with Crippen molar-refractivity contribution >= 4 is 32.4 Å². The zero-order valence-corrected chi connectivity index (χ0v) is 34.9. The first-order chi connectivity index (χ1) is 31.0. The summed E-state index contributed by atoms with van der Waals surface area (Å²) in [5.41, 5.74) is 15.4. The van der Waals surface area contributed by atoms with Crippen molar-refractivity contribution in [1.82, 2.24) is 19.9 Å². The number of fused-ring (bicyclic) bond motifs is 8. The van der Waals surface area contributed by atoms with Crippen LogP contribution in [-0.2, 0) is 5.41 Å². The maximum absolute atomic E-state index is 5.20. The number of benzene rings is 9. The molecule has 4 heteroatoms. The van der Waals surface area contributed by atoms with Crippen LogP contribution in [0.4, 0.5) is 0 Å². The standard InChI is InChI=1S/C59H40N4/c1-59(2)51-31-30-42(36-50(51)54-46-20-10-9-15-38(46)29-32-52(54)59)44-33-43(37-25-27-39(28-26-37)55-49-23-12-11-21-47(49)48-22-13-14-24-53(48)60-55)34-45(35-44)58-62-56(40-16-5-3-6-17-40)61-57(63-58)41-18-7-4-8-19-41/h3-36H,1-2H3. The van der Waals surface area contributed by atoms with Crippen molar-refractivity contribution in [1.29, 1.82) is 0 Å². The minimum Gasteiger partial charge on any atom is -0.247 e. The summed E-state index contributed by atoms with van der Waals surface area (Å²) >= 11 is 0. The number of rotatable bonds is 6. The van der Waals surface area contributed by atoms with E-state index in [4.69, 9.17) is 19.9 Å². The lowest BCUT2D eigenvalue weighted by molar-refractivity contribution is 0.661. The highest BCUT2D eigenvalue weighted by Crippen LogP contribution is 2.52. The van der Waals surface area contributed by atoms with Gasteiger partial charge in [0.2, 0.25) is 0 Å². The summed E-state index contributed by atoms with van der Waals surface area (Å²) in [5, 5.41) is 6.04. The van der Waals surface area contributed by atoms with E-state index in [1.165, 1.54) is 38.4 Å². The topological polar surface area (TPSA) is 51.6 Å². The summed E-state index contributed by atoms with van der Waals surface area (Å²) in [6, 6.07) is 73.3. The van der Waals surface area contributed by atoms with E-state index in [9.17, 15) is 0 Å². The van der Waals surface area contributed by atoms with Crippen molar-refractivity contribution in [2.24, 2.45) is 0 Å². The first-order valence-corrected chi connectivity index (χ1v) is 21.5. The third-order valence-corrected chi connectivity index (χ3v) is 12.9. The Hall–Kier alpha value is -8.08. The van der Waals surface area contributed by atoms with E-state index in [1.807, 2.05) is 36.4 Å². The predicted molar refractivity (Wildman–Crippen MR) is 260 cm³/mol. The number of hydrogen-bond donors (Lipinski definition) is 0. The van der Waals surface area contributed by atoms with Crippen molar-refractivity contribution in [3.05, 3.63) is 217 Å². The number of para-hydroxylation sites is 1. The van der Waals surface area contributed by atoms with E-state index < -0.39 is 0 Å². The van der Waals surface area contributed by atoms with E-state index in [2.05, 4.69) is 184 Å². The maximum Gasteiger partial charge on any atom is 0.164 e. The van der Waals surface area contributed by atoms with Crippen LogP contribution in [0.25, 0.3) is 111 Å². The molecule has 0 aliphatic heterocycles. The average molecular weight is 805 g/mol. The SMILES string of the molecule is CC1(C)c2ccc(-c3cc(-c4ccc(-c5nc6ccccc6c6ccccc56)cc4)cc(-c4nc(-c5ccccc5)nc(-c5ccccc5)n4)c3)cc2-c2c1ccc1ccccc21. The minimum absolute atomic E-state index is 0.125. The Kier molecular flexibility index (Phi) is 8.48. The number of pyridine rings is 1. The normalized spacial score (nSPS) is 12.7. The van der Waals surface area contributed by atoms with Crippen molar-refractivity contribution in [2.45, 2.75) is 19.3 Å². The van der Waals surface area contributed by atoms with Gasteiger partial charge in [-0.05, 0) is 91.0 Å². The molecule has 0 saturated heterocycles. The molecule has 0 fully saturated rings. The van der Waals surface area contributed by atoms with Gasteiger partial charge in [-0.1, -0.05) is 190 Å². The van der Waals surface area contributed by atoms with E-state index in [0.29, 0.717) is 17.5 Å². The molecule has 12 rings (SSSR count). The van der Waals surface area contributed by atoms with Gasteiger partial charge in [0.05, 0.1) is 11.2 Å². The van der Waals surface area contributed by atoms with Crippen LogP contribution in [0.15, 0.2) is 206 Å². The summed E-state index contributed by atoms with van der Waals surface area (Å²) in [6.45, 7) is 4.69. The number of nitrogens with zero attached hydrogens (tertiary/aromatic N) is 4. The molecular weight excluding hydrogens is 765 g/mol. The summed E-state index contributed by atoms with van der Waals surface area (Å²) in [7, 11) is 0. The summed E-state index contributed by atoms with van der Waals surface area (Å²) in [5.74, 6) is 1.89. The van der Waals surface area contributed by atoms with Gasteiger partial charge in [-0.2, -0.15) is 0 Å². The van der Waals surface area contributed by atoms with Gasteiger partial charge in [0, 0.05) is 38.4 Å². The summed E-state index contributed by atoms with van der Waals surface area (Å²) in [4.78, 5) is 20.6. The molecule has 0 amide bonds. The van der Waals surface area contributed by atoms with Gasteiger partial charge in [0.25, 0.3) is 0 Å². The van der Waals surface area contributed by atoms with Crippen LogP contribution in [0.2, 0.25) is 0 Å². The second-order valence-corrected chi connectivity index (χ2v) is 17.0. The van der Waals surface area contributed by atoms with Gasteiger partial charge < -0.3 is 0 Å². The molecule has 2 heterocycles. The fourth-order valence-electron chi connectivity index (χ4n) is 9.68. The van der Waals surface area contributed by atoms with Gasteiger partial charge in [-0.3, -0.25) is 0 Å². The van der Waals surface area contributed by atoms with Gasteiger partial charge >= 0.3 is 0 Å². The largest absolute Gasteiger partial charge is 0.247 e. The highest BCUT2D eigenvalue weighted by molar-refractivity contribution is 6.11. The van der Waals surface area contributed by atoms with Gasteiger partial charge in [-0.15, -0.1) is 0 Å². The Morgan fingerprint density at radius 2 is 0.825 bits per heavy atom. The molecule has 1 aliphatic carbocycles. The van der Waals surface area contributed by atoms with Gasteiger partial charge in [-0.25, -0.2) is 19.9 Å². The zero-order valence-electron chi connectivity index (χ0n) is 34.9. The molecule has 9 aromatic carbocycles. The van der Waals surface area contributed by atoms with Gasteiger partial charge in [0.15, 0.2) is 17.5 Å². The lowest BCUT2D eigenvalue weighted by atomic mass is 9.82. The Bertz CT molecular complexity index is 3520. The van der Waals surface area contributed by atoms with E-state index in [0.717, 1.165) is 66.5 Å². The molecule has 0 unspecified atom stereocenters.